The van der Waals surface area contributed by atoms with Crippen molar-refractivity contribution in [3.05, 3.63) is 65.7 Å². The zero-order chi connectivity index (χ0) is 19.7. The Labute approximate surface area is 155 Å². The monoisotopic (exact) mass is 381 g/mol. The number of hydrogen-bond donors (Lipinski definition) is 3. The number of alkyl halides is 3. The predicted octanol–water partition coefficient (Wildman–Crippen LogP) is 3.03. The number of benzene rings is 2. The summed E-state index contributed by atoms with van der Waals surface area (Å²) in [6.07, 6.45) is -4.75. The van der Waals surface area contributed by atoms with E-state index < -0.39 is 6.36 Å². The van der Waals surface area contributed by atoms with Crippen molar-refractivity contribution in [1.29, 1.82) is 0 Å². The van der Waals surface area contributed by atoms with Crippen LogP contribution >= 0.6 is 0 Å². The molecule has 2 aromatic rings. The number of nitrogens with one attached hydrogen (secondary N) is 2. The molecule has 0 radical (unpaired) electrons. The fraction of sp³-hybridized carbons (Fsp3) is 0.316. The number of guanidine groups is 1. The van der Waals surface area contributed by atoms with Gasteiger partial charge in [0, 0.05) is 31.6 Å². The molecule has 0 fully saturated rings. The average molecular weight is 381 g/mol. The molecule has 2 rings (SSSR count). The fourth-order valence-electron chi connectivity index (χ4n) is 2.51. The van der Waals surface area contributed by atoms with Gasteiger partial charge in [-0.3, -0.25) is 4.99 Å². The minimum Gasteiger partial charge on any atom is -0.405 e. The van der Waals surface area contributed by atoms with E-state index in [1.807, 2.05) is 30.3 Å². The van der Waals surface area contributed by atoms with E-state index in [0.717, 1.165) is 5.56 Å². The van der Waals surface area contributed by atoms with Gasteiger partial charge in [-0.25, -0.2) is 0 Å². The summed E-state index contributed by atoms with van der Waals surface area (Å²) in [5.74, 6) is 0.0160. The standard InChI is InChI=1S/C19H22F3N3O2/c1-23-18(25-12-16(13-26)14-7-3-2-4-8-14)24-11-15-9-5-6-10-17(15)27-19(20,21)22/h2-10,16,26H,11-13H2,1H3,(H2,23,24,25). The van der Waals surface area contributed by atoms with E-state index in [2.05, 4.69) is 20.4 Å². The molecule has 27 heavy (non-hydrogen) atoms. The Morgan fingerprint density at radius 1 is 1.07 bits per heavy atom. The lowest BCUT2D eigenvalue weighted by atomic mass is 10.0. The summed E-state index contributed by atoms with van der Waals surface area (Å²) < 4.78 is 41.5. The number of para-hydroxylation sites is 1. The van der Waals surface area contributed by atoms with Crippen LogP contribution in [-0.4, -0.2) is 37.6 Å². The summed E-state index contributed by atoms with van der Waals surface area (Å²) in [6.45, 7) is 0.470. The molecule has 5 nitrogen and oxygen atoms in total. The number of rotatable bonds is 7. The molecule has 0 aromatic heterocycles. The Kier molecular flexibility index (Phi) is 7.48. The van der Waals surface area contributed by atoms with Crippen LogP contribution in [0.4, 0.5) is 13.2 Å². The van der Waals surface area contributed by atoms with E-state index in [0.29, 0.717) is 18.1 Å². The van der Waals surface area contributed by atoms with Gasteiger partial charge in [0.25, 0.3) is 0 Å². The zero-order valence-corrected chi connectivity index (χ0v) is 14.8. The number of aliphatic hydroxyl groups excluding tert-OH is 1. The molecule has 1 unspecified atom stereocenters. The maximum Gasteiger partial charge on any atom is 0.573 e. The van der Waals surface area contributed by atoms with Crippen LogP contribution in [0.1, 0.15) is 17.0 Å². The lowest BCUT2D eigenvalue weighted by Gasteiger charge is -2.19. The first-order valence-electron chi connectivity index (χ1n) is 8.37. The molecule has 0 spiro atoms. The normalized spacial score (nSPS) is 13.1. The van der Waals surface area contributed by atoms with Gasteiger partial charge in [0.15, 0.2) is 5.96 Å². The summed E-state index contributed by atoms with van der Waals surface area (Å²) in [4.78, 5) is 4.06. The van der Waals surface area contributed by atoms with Crippen molar-refractivity contribution < 1.29 is 23.0 Å². The first-order chi connectivity index (χ1) is 12.9. The number of halogens is 3. The second-order valence-corrected chi connectivity index (χ2v) is 5.75. The van der Waals surface area contributed by atoms with Gasteiger partial charge in [-0.05, 0) is 11.6 Å². The molecule has 0 bridgehead atoms. The molecule has 0 amide bonds. The zero-order valence-electron chi connectivity index (χ0n) is 14.8. The number of aliphatic hydroxyl groups is 1. The van der Waals surface area contributed by atoms with Crippen LogP contribution in [0.2, 0.25) is 0 Å². The van der Waals surface area contributed by atoms with Crippen LogP contribution in [0.5, 0.6) is 5.75 Å². The van der Waals surface area contributed by atoms with Gasteiger partial charge in [-0.1, -0.05) is 48.5 Å². The molecule has 0 aliphatic rings. The summed E-state index contributed by atoms with van der Waals surface area (Å²) in [7, 11) is 1.56. The molecule has 146 valence electrons. The van der Waals surface area contributed by atoms with Gasteiger partial charge in [-0.15, -0.1) is 13.2 Å². The predicted molar refractivity (Wildman–Crippen MR) is 97.6 cm³/mol. The molecule has 3 N–H and O–H groups in total. The van der Waals surface area contributed by atoms with E-state index in [-0.39, 0.29) is 24.8 Å². The Balaban J connectivity index is 1.94. The van der Waals surface area contributed by atoms with Gasteiger partial charge in [0.2, 0.25) is 0 Å². The van der Waals surface area contributed by atoms with E-state index in [4.69, 9.17) is 0 Å². The lowest BCUT2D eigenvalue weighted by Crippen LogP contribution is -2.39. The largest absolute Gasteiger partial charge is 0.573 e. The van der Waals surface area contributed by atoms with E-state index in [1.165, 1.54) is 12.1 Å². The van der Waals surface area contributed by atoms with Crippen LogP contribution in [0, 0.1) is 0 Å². The number of nitrogens with zero attached hydrogens (tertiary/aromatic N) is 1. The van der Waals surface area contributed by atoms with Crippen molar-refractivity contribution in [1.82, 2.24) is 10.6 Å². The quantitative estimate of drug-likeness (QED) is 0.510. The molecule has 8 heteroatoms. The molecular formula is C19H22F3N3O2. The van der Waals surface area contributed by atoms with Crippen molar-refractivity contribution in [3.63, 3.8) is 0 Å². The van der Waals surface area contributed by atoms with E-state index in [9.17, 15) is 18.3 Å². The Morgan fingerprint density at radius 3 is 2.37 bits per heavy atom. The maximum absolute atomic E-state index is 12.5. The third-order valence-electron chi connectivity index (χ3n) is 3.88. The van der Waals surface area contributed by atoms with E-state index in [1.54, 1.807) is 19.2 Å². The SMILES string of the molecule is CN=C(NCc1ccccc1OC(F)(F)F)NCC(CO)c1ccccc1. The number of aliphatic imine (C=N–C) groups is 1. The summed E-state index contributed by atoms with van der Waals surface area (Å²) >= 11 is 0. The Bertz CT molecular complexity index is 736. The molecular weight excluding hydrogens is 359 g/mol. The number of hydrogen-bond acceptors (Lipinski definition) is 3. The highest BCUT2D eigenvalue weighted by Gasteiger charge is 2.31. The van der Waals surface area contributed by atoms with Crippen LogP contribution in [0.15, 0.2) is 59.6 Å². The average Bonchev–Trinajstić information content (AvgIpc) is 2.65. The highest BCUT2D eigenvalue weighted by molar-refractivity contribution is 5.79. The second-order valence-electron chi connectivity index (χ2n) is 5.75. The third kappa shape index (κ3) is 6.82. The Hall–Kier alpha value is -2.74. The minimum absolute atomic E-state index is 0.0454. The first-order valence-corrected chi connectivity index (χ1v) is 8.37. The molecule has 0 aliphatic heterocycles. The van der Waals surface area contributed by atoms with Crippen LogP contribution in [-0.2, 0) is 6.54 Å². The number of ether oxygens (including phenoxy) is 1. The van der Waals surface area contributed by atoms with Gasteiger partial charge < -0.3 is 20.5 Å². The summed E-state index contributed by atoms with van der Waals surface area (Å²) in [5.41, 5.74) is 1.33. The molecule has 0 saturated carbocycles. The first kappa shape index (κ1) is 20.6. The van der Waals surface area contributed by atoms with Crippen molar-refractivity contribution in [2.24, 2.45) is 4.99 Å². The lowest BCUT2D eigenvalue weighted by molar-refractivity contribution is -0.274. The van der Waals surface area contributed by atoms with Crippen molar-refractivity contribution in [2.45, 2.75) is 18.8 Å². The second kappa shape index (κ2) is 9.82. The van der Waals surface area contributed by atoms with Gasteiger partial charge >= 0.3 is 6.36 Å². The van der Waals surface area contributed by atoms with Crippen LogP contribution in [0.3, 0.4) is 0 Å². The molecule has 1 atom stereocenters. The smallest absolute Gasteiger partial charge is 0.405 e. The van der Waals surface area contributed by atoms with Crippen LogP contribution in [0.25, 0.3) is 0 Å². The molecule has 0 saturated heterocycles. The molecule has 0 aliphatic carbocycles. The highest BCUT2D eigenvalue weighted by atomic mass is 19.4. The van der Waals surface area contributed by atoms with Gasteiger partial charge in [0.1, 0.15) is 5.75 Å². The topological polar surface area (TPSA) is 65.9 Å². The van der Waals surface area contributed by atoms with Gasteiger partial charge in [0.05, 0.1) is 6.61 Å². The Morgan fingerprint density at radius 2 is 1.74 bits per heavy atom. The minimum atomic E-state index is -4.75. The van der Waals surface area contributed by atoms with Crippen molar-refractivity contribution >= 4 is 5.96 Å². The molecule has 2 aromatic carbocycles. The fourth-order valence-corrected chi connectivity index (χ4v) is 2.51. The molecule has 0 heterocycles. The van der Waals surface area contributed by atoms with Gasteiger partial charge in [-0.2, -0.15) is 0 Å². The third-order valence-corrected chi connectivity index (χ3v) is 3.88. The maximum atomic E-state index is 12.5. The van der Waals surface area contributed by atoms with Crippen molar-refractivity contribution in [2.75, 3.05) is 20.2 Å². The summed E-state index contributed by atoms with van der Waals surface area (Å²) in [6, 6.07) is 15.4. The summed E-state index contributed by atoms with van der Waals surface area (Å²) in [5, 5.41) is 15.6. The highest BCUT2D eigenvalue weighted by Crippen LogP contribution is 2.26. The van der Waals surface area contributed by atoms with Crippen molar-refractivity contribution in [3.8, 4) is 5.75 Å². The van der Waals surface area contributed by atoms with E-state index >= 15 is 0 Å². The van der Waals surface area contributed by atoms with Crippen LogP contribution < -0.4 is 15.4 Å².